The van der Waals surface area contributed by atoms with Gasteiger partial charge >= 0.3 is 0 Å². The van der Waals surface area contributed by atoms with Crippen molar-refractivity contribution in [3.63, 3.8) is 0 Å². The Morgan fingerprint density at radius 1 is 1.22 bits per heavy atom. The third-order valence-electron chi connectivity index (χ3n) is 4.08. The first kappa shape index (κ1) is 20.9. The first-order valence-corrected chi connectivity index (χ1v) is 9.30. The van der Waals surface area contributed by atoms with Gasteiger partial charge < -0.3 is 15.8 Å². The summed E-state index contributed by atoms with van der Waals surface area (Å²) in [5, 5.41) is 2.69. The third kappa shape index (κ3) is 6.36. The van der Waals surface area contributed by atoms with E-state index in [4.69, 9.17) is 10.5 Å². The molecule has 7 heteroatoms. The summed E-state index contributed by atoms with van der Waals surface area (Å²) in [5.41, 5.74) is 7.26. The van der Waals surface area contributed by atoms with Crippen LogP contribution in [0.1, 0.15) is 18.1 Å². The average Bonchev–Trinajstić information content (AvgIpc) is 2.62. The van der Waals surface area contributed by atoms with E-state index < -0.39 is 17.9 Å². The molecule has 2 amide bonds. The van der Waals surface area contributed by atoms with Crippen LogP contribution in [0.15, 0.2) is 46.9 Å². The van der Waals surface area contributed by atoms with E-state index in [9.17, 15) is 14.0 Å². The minimum atomic E-state index is -0.747. The van der Waals surface area contributed by atoms with E-state index in [0.717, 1.165) is 15.6 Å². The number of hydrogen-bond donors (Lipinski definition) is 2. The number of rotatable bonds is 8. The summed E-state index contributed by atoms with van der Waals surface area (Å²) in [6.07, 6.45) is -0.433. The number of nitrogens with two attached hydrogens (primary N) is 1. The Hall–Kier alpha value is -2.41. The van der Waals surface area contributed by atoms with Gasteiger partial charge in [0.15, 0.2) is 6.10 Å². The summed E-state index contributed by atoms with van der Waals surface area (Å²) in [6.45, 7) is 3.66. The lowest BCUT2D eigenvalue weighted by atomic mass is 9.98. The molecule has 0 heterocycles. The SMILES string of the molecule is Cc1ccc(OC(C)C(=O)NCC(Cc2ccc(F)cc2)C(N)=O)c(Br)c1. The van der Waals surface area contributed by atoms with Crippen LogP contribution in [0.3, 0.4) is 0 Å². The van der Waals surface area contributed by atoms with Gasteiger partial charge in [-0.3, -0.25) is 9.59 Å². The molecule has 0 aliphatic carbocycles. The van der Waals surface area contributed by atoms with E-state index in [0.29, 0.717) is 12.2 Å². The smallest absolute Gasteiger partial charge is 0.260 e. The number of aryl methyl sites for hydroxylation is 1. The van der Waals surface area contributed by atoms with Crippen molar-refractivity contribution in [2.45, 2.75) is 26.4 Å². The van der Waals surface area contributed by atoms with Gasteiger partial charge in [0.05, 0.1) is 10.4 Å². The molecule has 0 radical (unpaired) electrons. The molecule has 2 rings (SSSR count). The van der Waals surface area contributed by atoms with Gasteiger partial charge in [0.1, 0.15) is 11.6 Å². The van der Waals surface area contributed by atoms with E-state index in [1.165, 1.54) is 12.1 Å². The first-order chi connectivity index (χ1) is 12.8. The fourth-order valence-corrected chi connectivity index (χ4v) is 3.08. The molecule has 0 aromatic heterocycles. The lowest BCUT2D eigenvalue weighted by Crippen LogP contribution is -2.42. The summed E-state index contributed by atoms with van der Waals surface area (Å²) < 4.78 is 19.4. The Balaban J connectivity index is 1.92. The number of primary amides is 1. The Bertz CT molecular complexity index is 811. The molecule has 2 aromatic carbocycles. The monoisotopic (exact) mass is 436 g/mol. The van der Waals surface area contributed by atoms with Crippen molar-refractivity contribution < 1.29 is 18.7 Å². The van der Waals surface area contributed by atoms with Crippen LogP contribution in [0.4, 0.5) is 4.39 Å². The van der Waals surface area contributed by atoms with Crippen LogP contribution in [0.2, 0.25) is 0 Å². The number of nitrogens with one attached hydrogen (secondary N) is 1. The highest BCUT2D eigenvalue weighted by Gasteiger charge is 2.21. The van der Waals surface area contributed by atoms with Gasteiger partial charge in [0.25, 0.3) is 5.91 Å². The zero-order valence-electron chi connectivity index (χ0n) is 15.2. The van der Waals surface area contributed by atoms with Crippen molar-refractivity contribution in [3.05, 3.63) is 63.9 Å². The number of hydrogen-bond acceptors (Lipinski definition) is 3. The second kappa shape index (κ2) is 9.50. The van der Waals surface area contributed by atoms with E-state index in [2.05, 4.69) is 21.2 Å². The highest BCUT2D eigenvalue weighted by molar-refractivity contribution is 9.10. The highest BCUT2D eigenvalue weighted by atomic mass is 79.9. The third-order valence-corrected chi connectivity index (χ3v) is 4.70. The van der Waals surface area contributed by atoms with Gasteiger partial charge in [-0.25, -0.2) is 4.39 Å². The number of benzene rings is 2. The fourth-order valence-electron chi connectivity index (χ4n) is 2.49. The molecule has 0 aliphatic rings. The molecule has 0 saturated heterocycles. The van der Waals surface area contributed by atoms with Crippen molar-refractivity contribution in [2.75, 3.05) is 6.54 Å². The zero-order chi connectivity index (χ0) is 20.0. The predicted molar refractivity (Wildman–Crippen MR) is 105 cm³/mol. The van der Waals surface area contributed by atoms with Gasteiger partial charge in [0.2, 0.25) is 5.91 Å². The summed E-state index contributed by atoms with van der Waals surface area (Å²) in [5.74, 6) is -1.28. The summed E-state index contributed by atoms with van der Waals surface area (Å²) in [4.78, 5) is 24.0. The minimum Gasteiger partial charge on any atom is -0.480 e. The molecule has 0 aliphatic heterocycles. The van der Waals surface area contributed by atoms with Crippen LogP contribution in [0, 0.1) is 18.7 Å². The maximum Gasteiger partial charge on any atom is 0.260 e. The Kier molecular flexibility index (Phi) is 7.36. The summed E-state index contributed by atoms with van der Waals surface area (Å²) in [6, 6.07) is 11.4. The standard InChI is InChI=1S/C20H22BrFN2O3/c1-12-3-8-18(17(21)9-12)27-13(2)20(26)24-11-15(19(23)25)10-14-4-6-16(22)7-5-14/h3-9,13,15H,10-11H2,1-2H3,(H2,23,25)(H,24,26). The Morgan fingerprint density at radius 2 is 1.89 bits per heavy atom. The highest BCUT2D eigenvalue weighted by Crippen LogP contribution is 2.26. The normalized spacial score (nSPS) is 12.9. The van der Waals surface area contributed by atoms with Gasteiger partial charge in [-0.05, 0) is 71.6 Å². The quantitative estimate of drug-likeness (QED) is 0.666. The molecule has 0 bridgehead atoms. The molecular formula is C20H22BrFN2O3. The second-order valence-electron chi connectivity index (χ2n) is 6.37. The maximum atomic E-state index is 13.0. The molecular weight excluding hydrogens is 415 g/mol. The van der Waals surface area contributed by atoms with Gasteiger partial charge in [-0.15, -0.1) is 0 Å². The van der Waals surface area contributed by atoms with Crippen LogP contribution in [-0.4, -0.2) is 24.5 Å². The Labute approximate surface area is 166 Å². The average molecular weight is 437 g/mol. The molecule has 0 spiro atoms. The summed E-state index contributed by atoms with van der Waals surface area (Å²) >= 11 is 3.40. The van der Waals surface area contributed by atoms with Crippen LogP contribution >= 0.6 is 15.9 Å². The van der Waals surface area contributed by atoms with Gasteiger partial charge in [0, 0.05) is 6.54 Å². The zero-order valence-corrected chi connectivity index (χ0v) is 16.8. The number of halogens is 2. The van der Waals surface area contributed by atoms with Gasteiger partial charge in [-0.2, -0.15) is 0 Å². The number of ether oxygens (including phenoxy) is 1. The molecule has 2 aromatic rings. The molecule has 2 atom stereocenters. The van der Waals surface area contributed by atoms with Crippen LogP contribution < -0.4 is 15.8 Å². The van der Waals surface area contributed by atoms with Gasteiger partial charge in [-0.1, -0.05) is 18.2 Å². The van der Waals surface area contributed by atoms with Crippen LogP contribution in [0.25, 0.3) is 0 Å². The lowest BCUT2D eigenvalue weighted by molar-refractivity contribution is -0.128. The summed E-state index contributed by atoms with van der Waals surface area (Å²) in [7, 11) is 0. The fraction of sp³-hybridized carbons (Fsp3) is 0.300. The topological polar surface area (TPSA) is 81.4 Å². The molecule has 0 fully saturated rings. The molecule has 144 valence electrons. The number of carbonyl (C=O) groups excluding carboxylic acids is 2. The first-order valence-electron chi connectivity index (χ1n) is 8.50. The maximum absolute atomic E-state index is 13.0. The van der Waals surface area contributed by atoms with Crippen molar-refractivity contribution in [2.24, 2.45) is 11.7 Å². The lowest BCUT2D eigenvalue weighted by Gasteiger charge is -2.18. The molecule has 27 heavy (non-hydrogen) atoms. The minimum absolute atomic E-state index is 0.0777. The van der Waals surface area contributed by atoms with Crippen molar-refractivity contribution in [1.82, 2.24) is 5.32 Å². The molecule has 3 N–H and O–H groups in total. The van der Waals surface area contributed by atoms with E-state index in [1.807, 2.05) is 19.1 Å². The molecule has 5 nitrogen and oxygen atoms in total. The predicted octanol–water partition coefficient (Wildman–Crippen LogP) is 3.12. The number of amides is 2. The number of carbonyl (C=O) groups is 2. The molecule has 0 saturated carbocycles. The van der Waals surface area contributed by atoms with Crippen molar-refractivity contribution in [1.29, 1.82) is 0 Å². The second-order valence-corrected chi connectivity index (χ2v) is 7.22. The molecule has 2 unspecified atom stereocenters. The largest absolute Gasteiger partial charge is 0.480 e. The van der Waals surface area contributed by atoms with Crippen molar-refractivity contribution in [3.8, 4) is 5.75 Å². The van der Waals surface area contributed by atoms with E-state index in [1.54, 1.807) is 25.1 Å². The van der Waals surface area contributed by atoms with E-state index >= 15 is 0 Å². The van der Waals surface area contributed by atoms with E-state index in [-0.39, 0.29) is 18.3 Å². The van der Waals surface area contributed by atoms with Crippen molar-refractivity contribution >= 4 is 27.7 Å². The van der Waals surface area contributed by atoms with Crippen LogP contribution in [0.5, 0.6) is 5.75 Å². The Morgan fingerprint density at radius 3 is 2.48 bits per heavy atom. The van der Waals surface area contributed by atoms with Crippen LogP contribution in [-0.2, 0) is 16.0 Å².